The molecule has 1 amide bonds. The van der Waals surface area contributed by atoms with Crippen LogP contribution in [0, 0.1) is 5.41 Å². The van der Waals surface area contributed by atoms with Crippen molar-refractivity contribution in [1.29, 1.82) is 0 Å². The molecule has 116 valence electrons. The zero-order chi connectivity index (χ0) is 15.0. The topological polar surface area (TPSA) is 23.6 Å². The van der Waals surface area contributed by atoms with E-state index in [0.29, 0.717) is 5.91 Å². The van der Waals surface area contributed by atoms with Crippen molar-refractivity contribution in [3.63, 3.8) is 0 Å². The Balaban J connectivity index is 1.50. The maximum atomic E-state index is 13.0. The van der Waals surface area contributed by atoms with Gasteiger partial charge in [0, 0.05) is 25.0 Å². The number of thiophene rings is 2. The Labute approximate surface area is 139 Å². The number of nitrogens with zero attached hydrogens (tertiary/aromatic N) is 2. The first kappa shape index (κ1) is 14.4. The summed E-state index contributed by atoms with van der Waals surface area (Å²) in [5.74, 6) is 0.348. The minimum absolute atomic E-state index is 0.143. The van der Waals surface area contributed by atoms with Crippen LogP contribution in [0.4, 0.5) is 5.69 Å². The van der Waals surface area contributed by atoms with Gasteiger partial charge in [-0.15, -0.1) is 0 Å². The first-order valence-electron chi connectivity index (χ1n) is 7.84. The third kappa shape index (κ3) is 2.51. The van der Waals surface area contributed by atoms with E-state index in [9.17, 15) is 4.79 Å². The van der Waals surface area contributed by atoms with Crippen LogP contribution in [0.15, 0.2) is 33.7 Å². The first-order valence-corrected chi connectivity index (χ1v) is 9.73. The lowest BCUT2D eigenvalue weighted by atomic mass is 9.78. The second-order valence-electron chi connectivity index (χ2n) is 6.41. The van der Waals surface area contributed by atoms with Gasteiger partial charge in [0.15, 0.2) is 0 Å². The Kier molecular flexibility index (Phi) is 3.80. The summed E-state index contributed by atoms with van der Waals surface area (Å²) in [5, 5.41) is 8.49. The number of hydrogen-bond acceptors (Lipinski definition) is 4. The van der Waals surface area contributed by atoms with Crippen molar-refractivity contribution >= 4 is 34.3 Å². The van der Waals surface area contributed by atoms with Crippen LogP contribution in [0.2, 0.25) is 0 Å². The Hall–Kier alpha value is -1.17. The number of anilines is 1. The Morgan fingerprint density at radius 2 is 1.95 bits per heavy atom. The summed E-state index contributed by atoms with van der Waals surface area (Å²) in [5.41, 5.74) is 2.32. The molecule has 4 rings (SSSR count). The van der Waals surface area contributed by atoms with E-state index >= 15 is 0 Å². The SMILES string of the molecule is O=C1N(c2ccsc2)CC[C@@]12CCCN(Cc1ccsc1)C2. The number of rotatable bonds is 3. The maximum Gasteiger partial charge on any atom is 0.234 e. The molecule has 1 spiro atoms. The third-order valence-electron chi connectivity index (χ3n) is 4.97. The van der Waals surface area contributed by atoms with Crippen molar-refractivity contribution in [3.8, 4) is 0 Å². The molecule has 0 N–H and O–H groups in total. The second kappa shape index (κ2) is 5.80. The lowest BCUT2D eigenvalue weighted by Gasteiger charge is -2.39. The van der Waals surface area contributed by atoms with Gasteiger partial charge in [-0.05, 0) is 59.6 Å². The summed E-state index contributed by atoms with van der Waals surface area (Å²) in [7, 11) is 0. The highest BCUT2D eigenvalue weighted by Crippen LogP contribution is 2.42. The number of carbonyl (C=O) groups is 1. The molecule has 1 atom stereocenters. The zero-order valence-electron chi connectivity index (χ0n) is 12.5. The van der Waals surface area contributed by atoms with Gasteiger partial charge in [0.2, 0.25) is 5.91 Å². The summed E-state index contributed by atoms with van der Waals surface area (Å²) in [4.78, 5) is 17.5. The van der Waals surface area contributed by atoms with Crippen molar-refractivity contribution < 1.29 is 4.79 Å². The molecule has 4 heterocycles. The number of piperidine rings is 1. The zero-order valence-corrected chi connectivity index (χ0v) is 14.2. The molecule has 2 aromatic rings. The van der Waals surface area contributed by atoms with E-state index in [1.807, 2.05) is 4.90 Å². The molecule has 0 aromatic carbocycles. The summed E-state index contributed by atoms with van der Waals surface area (Å²) in [6.45, 7) is 3.89. The van der Waals surface area contributed by atoms with E-state index in [-0.39, 0.29) is 5.41 Å². The minimum atomic E-state index is -0.143. The predicted molar refractivity (Wildman–Crippen MR) is 92.6 cm³/mol. The lowest BCUT2D eigenvalue weighted by molar-refractivity contribution is -0.128. The summed E-state index contributed by atoms with van der Waals surface area (Å²) in [6.07, 6.45) is 3.18. The molecule has 2 fully saturated rings. The quantitative estimate of drug-likeness (QED) is 0.853. The van der Waals surface area contributed by atoms with Gasteiger partial charge in [0.25, 0.3) is 0 Å². The Bertz CT molecular complexity index is 638. The summed E-state index contributed by atoms with van der Waals surface area (Å²) < 4.78 is 0. The number of amides is 1. The molecule has 2 aliphatic rings. The van der Waals surface area contributed by atoms with E-state index in [2.05, 4.69) is 38.6 Å². The monoisotopic (exact) mass is 332 g/mol. The summed E-state index contributed by atoms with van der Waals surface area (Å²) >= 11 is 3.41. The van der Waals surface area contributed by atoms with E-state index in [4.69, 9.17) is 0 Å². The van der Waals surface area contributed by atoms with Gasteiger partial charge < -0.3 is 4.90 Å². The van der Waals surface area contributed by atoms with Crippen LogP contribution in [-0.2, 0) is 11.3 Å². The molecule has 0 bridgehead atoms. The van der Waals surface area contributed by atoms with E-state index < -0.39 is 0 Å². The van der Waals surface area contributed by atoms with Gasteiger partial charge in [-0.1, -0.05) is 0 Å². The van der Waals surface area contributed by atoms with Crippen LogP contribution in [0.1, 0.15) is 24.8 Å². The minimum Gasteiger partial charge on any atom is -0.311 e. The Morgan fingerprint density at radius 1 is 1.09 bits per heavy atom. The van der Waals surface area contributed by atoms with Gasteiger partial charge >= 0.3 is 0 Å². The highest BCUT2D eigenvalue weighted by Gasteiger charge is 2.49. The van der Waals surface area contributed by atoms with Crippen LogP contribution in [0.3, 0.4) is 0 Å². The van der Waals surface area contributed by atoms with Crippen LogP contribution in [0.25, 0.3) is 0 Å². The molecular formula is C17H20N2OS2. The average molecular weight is 332 g/mol. The van der Waals surface area contributed by atoms with Crippen molar-refractivity contribution in [2.75, 3.05) is 24.5 Å². The van der Waals surface area contributed by atoms with Crippen molar-refractivity contribution in [2.45, 2.75) is 25.8 Å². The molecular weight excluding hydrogens is 312 g/mol. The molecule has 2 saturated heterocycles. The molecule has 2 aliphatic heterocycles. The number of likely N-dealkylation sites (tertiary alicyclic amines) is 1. The van der Waals surface area contributed by atoms with E-state index in [1.165, 1.54) is 5.56 Å². The molecule has 0 aliphatic carbocycles. The fourth-order valence-corrected chi connectivity index (χ4v) is 5.16. The van der Waals surface area contributed by atoms with Crippen molar-refractivity contribution in [1.82, 2.24) is 4.90 Å². The van der Waals surface area contributed by atoms with Gasteiger partial charge in [-0.25, -0.2) is 0 Å². The van der Waals surface area contributed by atoms with Crippen LogP contribution in [-0.4, -0.2) is 30.4 Å². The second-order valence-corrected chi connectivity index (χ2v) is 7.97. The molecule has 2 aromatic heterocycles. The largest absolute Gasteiger partial charge is 0.311 e. The van der Waals surface area contributed by atoms with E-state index in [0.717, 1.165) is 51.1 Å². The van der Waals surface area contributed by atoms with Gasteiger partial charge in [0.1, 0.15) is 0 Å². The molecule has 5 heteroatoms. The number of hydrogen-bond donors (Lipinski definition) is 0. The molecule has 22 heavy (non-hydrogen) atoms. The highest BCUT2D eigenvalue weighted by atomic mass is 32.1. The summed E-state index contributed by atoms with van der Waals surface area (Å²) in [6, 6.07) is 4.26. The smallest absolute Gasteiger partial charge is 0.234 e. The molecule has 0 saturated carbocycles. The number of carbonyl (C=O) groups excluding carboxylic acids is 1. The molecule has 3 nitrogen and oxygen atoms in total. The normalized spacial score (nSPS) is 26.2. The van der Waals surface area contributed by atoms with Crippen LogP contribution < -0.4 is 4.90 Å². The fraction of sp³-hybridized carbons (Fsp3) is 0.471. The van der Waals surface area contributed by atoms with Crippen molar-refractivity contribution in [3.05, 3.63) is 39.2 Å². The van der Waals surface area contributed by atoms with Gasteiger partial charge in [0.05, 0.1) is 11.1 Å². The fourth-order valence-electron chi connectivity index (χ4n) is 3.86. The average Bonchev–Trinajstić information content (AvgIpc) is 3.24. The maximum absolute atomic E-state index is 13.0. The first-order chi connectivity index (χ1) is 10.8. The van der Waals surface area contributed by atoms with Crippen molar-refractivity contribution in [2.24, 2.45) is 5.41 Å². The van der Waals surface area contributed by atoms with Gasteiger partial charge in [-0.3, -0.25) is 9.69 Å². The predicted octanol–water partition coefficient (Wildman–Crippen LogP) is 3.83. The van der Waals surface area contributed by atoms with Gasteiger partial charge in [-0.2, -0.15) is 22.7 Å². The molecule has 0 unspecified atom stereocenters. The van der Waals surface area contributed by atoms with Crippen LogP contribution in [0.5, 0.6) is 0 Å². The highest BCUT2D eigenvalue weighted by molar-refractivity contribution is 7.08. The molecule has 0 radical (unpaired) electrons. The third-order valence-corrected chi connectivity index (χ3v) is 6.38. The van der Waals surface area contributed by atoms with E-state index in [1.54, 1.807) is 22.7 Å². The lowest BCUT2D eigenvalue weighted by Crippen LogP contribution is -2.47. The Morgan fingerprint density at radius 3 is 2.73 bits per heavy atom. The van der Waals surface area contributed by atoms with Crippen LogP contribution >= 0.6 is 22.7 Å². The standard InChI is InChI=1S/C17H20N2OS2/c20-16-17(5-7-19(16)15-3-9-22-12-15)4-1-6-18(13-17)10-14-2-8-21-11-14/h2-3,8-9,11-12H,1,4-7,10,13H2/t17-/m1/s1.